The molecule has 2 rings (SSSR count). The number of benzene rings is 1. The topological polar surface area (TPSA) is 20.3 Å². The minimum atomic E-state index is -0.520. The molecule has 16 heavy (non-hydrogen) atoms. The quantitative estimate of drug-likeness (QED) is 0.761. The number of rotatable bonds is 2. The number of carbonyl (C=O) groups is 1. The zero-order valence-corrected chi connectivity index (χ0v) is 10.6. The summed E-state index contributed by atoms with van der Waals surface area (Å²) in [7, 11) is 0. The van der Waals surface area contributed by atoms with Gasteiger partial charge >= 0.3 is 0 Å². The van der Waals surface area contributed by atoms with Crippen LogP contribution in [0.1, 0.15) is 0 Å². The first-order valence-corrected chi connectivity index (χ1v) is 6.25. The van der Waals surface area contributed by atoms with Gasteiger partial charge in [-0.25, -0.2) is 0 Å². The van der Waals surface area contributed by atoms with E-state index in [9.17, 15) is 4.79 Å². The average Bonchev–Trinajstić information content (AvgIpc) is 2.57. The third-order valence-electron chi connectivity index (χ3n) is 2.67. The average molecular weight is 279 g/mol. The summed E-state index contributed by atoms with van der Waals surface area (Å²) in [5.41, 5.74) is 0.813. The number of amides is 1. The zero-order valence-electron chi connectivity index (χ0n) is 8.37. The molecule has 2 nitrogen and oxygen atoms in total. The molecule has 0 spiro atoms. The molecule has 2 atom stereocenters. The number of hydrogen-bond donors (Lipinski definition) is 0. The van der Waals surface area contributed by atoms with Gasteiger partial charge in [0.15, 0.2) is 0 Å². The molecule has 0 saturated carbocycles. The van der Waals surface area contributed by atoms with Crippen LogP contribution in [0.4, 0.5) is 5.69 Å². The molecule has 1 aromatic carbocycles. The molecule has 5 heteroatoms. The van der Waals surface area contributed by atoms with Crippen molar-refractivity contribution in [1.82, 2.24) is 0 Å². The first kappa shape index (κ1) is 12.0. The Labute approximate surface area is 109 Å². The molecular weight excluding hydrogens is 268 g/mol. The van der Waals surface area contributed by atoms with E-state index in [1.165, 1.54) is 0 Å². The van der Waals surface area contributed by atoms with E-state index in [0.29, 0.717) is 17.4 Å². The van der Waals surface area contributed by atoms with E-state index in [4.69, 9.17) is 34.8 Å². The van der Waals surface area contributed by atoms with Gasteiger partial charge in [-0.3, -0.25) is 4.79 Å². The van der Waals surface area contributed by atoms with Crippen LogP contribution in [0.2, 0.25) is 5.02 Å². The second kappa shape index (κ2) is 4.82. The molecule has 1 aliphatic rings. The second-order valence-electron chi connectivity index (χ2n) is 3.74. The standard InChI is InChI=1S/C11H10Cl3NO/c12-5-7-6-15(11(16)10(7)14)9-3-1-8(13)2-4-9/h1-4,7,10H,5-6H2. The van der Waals surface area contributed by atoms with Crippen molar-refractivity contribution in [2.24, 2.45) is 5.92 Å². The van der Waals surface area contributed by atoms with Crippen molar-refractivity contribution < 1.29 is 4.79 Å². The van der Waals surface area contributed by atoms with Crippen LogP contribution in [0.5, 0.6) is 0 Å². The Balaban J connectivity index is 2.23. The number of nitrogens with zero attached hydrogens (tertiary/aromatic N) is 1. The summed E-state index contributed by atoms with van der Waals surface area (Å²) in [4.78, 5) is 13.5. The molecule has 0 aliphatic carbocycles. The summed E-state index contributed by atoms with van der Waals surface area (Å²) in [6.45, 7) is 0.568. The van der Waals surface area contributed by atoms with E-state index >= 15 is 0 Å². The fraction of sp³-hybridized carbons (Fsp3) is 0.364. The van der Waals surface area contributed by atoms with Crippen molar-refractivity contribution in [2.75, 3.05) is 17.3 Å². The molecule has 2 unspecified atom stereocenters. The molecule has 1 saturated heterocycles. The Hall–Kier alpha value is -0.440. The Kier molecular flexibility index (Phi) is 3.63. The van der Waals surface area contributed by atoms with Crippen LogP contribution in [0, 0.1) is 5.92 Å². The largest absolute Gasteiger partial charge is 0.311 e. The molecule has 1 heterocycles. The summed E-state index contributed by atoms with van der Waals surface area (Å²) in [6.07, 6.45) is 0. The van der Waals surface area contributed by atoms with Gasteiger partial charge in [-0.1, -0.05) is 11.6 Å². The van der Waals surface area contributed by atoms with Gasteiger partial charge in [0.05, 0.1) is 0 Å². The fourth-order valence-electron chi connectivity index (χ4n) is 1.75. The van der Waals surface area contributed by atoms with Gasteiger partial charge in [-0.2, -0.15) is 0 Å². The molecule has 1 aliphatic heterocycles. The van der Waals surface area contributed by atoms with Gasteiger partial charge in [-0.15, -0.1) is 23.2 Å². The molecule has 1 aromatic rings. The van der Waals surface area contributed by atoms with Crippen LogP contribution < -0.4 is 4.90 Å². The van der Waals surface area contributed by atoms with E-state index in [0.717, 1.165) is 5.69 Å². The predicted octanol–water partition coefficient (Wildman–Crippen LogP) is 3.15. The maximum Gasteiger partial charge on any atom is 0.245 e. The number of halogens is 3. The molecule has 1 amide bonds. The first-order chi connectivity index (χ1) is 7.63. The predicted molar refractivity (Wildman–Crippen MR) is 67.7 cm³/mol. The van der Waals surface area contributed by atoms with Gasteiger partial charge in [0.2, 0.25) is 5.91 Å². The monoisotopic (exact) mass is 277 g/mol. The molecule has 0 aromatic heterocycles. The minimum absolute atomic E-state index is 0.00603. The number of hydrogen-bond acceptors (Lipinski definition) is 1. The van der Waals surface area contributed by atoms with Gasteiger partial charge in [0.1, 0.15) is 5.38 Å². The van der Waals surface area contributed by atoms with Crippen molar-refractivity contribution in [3.8, 4) is 0 Å². The number of carbonyl (C=O) groups excluding carboxylic acids is 1. The molecule has 0 radical (unpaired) electrons. The summed E-state index contributed by atoms with van der Waals surface area (Å²) in [6, 6.07) is 7.11. The Morgan fingerprint density at radius 1 is 1.31 bits per heavy atom. The lowest BCUT2D eigenvalue weighted by Gasteiger charge is -2.16. The highest BCUT2D eigenvalue weighted by molar-refractivity contribution is 6.35. The summed E-state index contributed by atoms with van der Waals surface area (Å²) >= 11 is 17.6. The Morgan fingerprint density at radius 3 is 2.44 bits per heavy atom. The Morgan fingerprint density at radius 2 is 1.94 bits per heavy atom. The number of alkyl halides is 2. The lowest BCUT2D eigenvalue weighted by molar-refractivity contribution is -0.117. The van der Waals surface area contributed by atoms with Gasteiger partial charge in [0.25, 0.3) is 0 Å². The van der Waals surface area contributed by atoms with Crippen molar-refractivity contribution in [3.63, 3.8) is 0 Å². The zero-order chi connectivity index (χ0) is 11.7. The smallest absolute Gasteiger partial charge is 0.245 e. The summed E-state index contributed by atoms with van der Waals surface area (Å²) < 4.78 is 0. The third kappa shape index (κ3) is 2.15. The molecule has 0 bridgehead atoms. The van der Waals surface area contributed by atoms with E-state index in [1.54, 1.807) is 29.2 Å². The lowest BCUT2D eigenvalue weighted by Crippen LogP contribution is -2.26. The van der Waals surface area contributed by atoms with E-state index in [2.05, 4.69) is 0 Å². The molecule has 86 valence electrons. The van der Waals surface area contributed by atoms with Gasteiger partial charge < -0.3 is 4.90 Å². The maximum absolute atomic E-state index is 11.9. The van der Waals surface area contributed by atoms with Crippen LogP contribution in [0.25, 0.3) is 0 Å². The normalized spacial score (nSPS) is 25.2. The van der Waals surface area contributed by atoms with Gasteiger partial charge in [0, 0.05) is 29.1 Å². The SMILES string of the molecule is O=C1C(Cl)C(CCl)CN1c1ccc(Cl)cc1. The van der Waals surface area contributed by atoms with Crippen LogP contribution in [0.3, 0.4) is 0 Å². The van der Waals surface area contributed by atoms with Crippen molar-refractivity contribution in [1.29, 1.82) is 0 Å². The molecule has 1 fully saturated rings. The van der Waals surface area contributed by atoms with Gasteiger partial charge in [-0.05, 0) is 24.3 Å². The van der Waals surface area contributed by atoms with Crippen molar-refractivity contribution in [2.45, 2.75) is 5.38 Å². The molecule has 0 N–H and O–H groups in total. The second-order valence-corrected chi connectivity index (χ2v) is 4.96. The van der Waals surface area contributed by atoms with Crippen LogP contribution in [0.15, 0.2) is 24.3 Å². The third-order valence-corrected chi connectivity index (χ3v) is 3.86. The molecular formula is C11H10Cl3NO. The van der Waals surface area contributed by atoms with Crippen LogP contribution >= 0.6 is 34.8 Å². The summed E-state index contributed by atoms with van der Waals surface area (Å²) in [5.74, 6) is 0.311. The first-order valence-electron chi connectivity index (χ1n) is 4.90. The fourth-order valence-corrected chi connectivity index (χ4v) is 2.53. The highest BCUT2D eigenvalue weighted by Crippen LogP contribution is 2.29. The van der Waals surface area contributed by atoms with E-state index < -0.39 is 5.38 Å². The lowest BCUT2D eigenvalue weighted by atomic mass is 10.1. The number of anilines is 1. The highest BCUT2D eigenvalue weighted by Gasteiger charge is 2.39. The van der Waals surface area contributed by atoms with Crippen molar-refractivity contribution in [3.05, 3.63) is 29.3 Å². The highest BCUT2D eigenvalue weighted by atomic mass is 35.5. The summed E-state index contributed by atoms with van der Waals surface area (Å²) in [5, 5.41) is 0.125. The minimum Gasteiger partial charge on any atom is -0.311 e. The van der Waals surface area contributed by atoms with Crippen molar-refractivity contribution >= 4 is 46.4 Å². The van der Waals surface area contributed by atoms with E-state index in [-0.39, 0.29) is 11.8 Å². The van der Waals surface area contributed by atoms with Crippen LogP contribution in [-0.2, 0) is 4.79 Å². The maximum atomic E-state index is 11.9. The van der Waals surface area contributed by atoms with Crippen LogP contribution in [-0.4, -0.2) is 23.7 Å². The van der Waals surface area contributed by atoms with E-state index in [1.807, 2.05) is 0 Å². The Bertz CT molecular complexity index is 393.